The Morgan fingerprint density at radius 3 is 1.44 bits per heavy atom. The van der Waals surface area contributed by atoms with Crippen molar-refractivity contribution in [2.75, 3.05) is 0 Å². The van der Waals surface area contributed by atoms with Crippen LogP contribution in [-0.2, 0) is 15.2 Å². The predicted molar refractivity (Wildman–Crippen MR) is 161 cm³/mol. The summed E-state index contributed by atoms with van der Waals surface area (Å²) >= 11 is 0. The third-order valence-corrected chi connectivity index (χ3v) is 6.88. The van der Waals surface area contributed by atoms with Crippen LogP contribution in [0.4, 0.5) is 0 Å². The predicted octanol–water partition coefficient (Wildman–Crippen LogP) is 6.29. The van der Waals surface area contributed by atoms with Gasteiger partial charge in [0.1, 0.15) is 6.04 Å². The van der Waals surface area contributed by atoms with Crippen LogP contribution < -0.4 is 5.43 Å². The number of hydrogen-bond acceptors (Lipinski definition) is 3. The number of carbonyl (C=O) groups is 2. The Hall–Kier alpha value is -5.26. The molecule has 0 saturated heterocycles. The minimum atomic E-state index is -2.07. The first-order valence-corrected chi connectivity index (χ1v) is 13.4. The van der Waals surface area contributed by atoms with E-state index in [1.54, 1.807) is 54.6 Å². The van der Waals surface area contributed by atoms with Gasteiger partial charge in [0, 0.05) is 6.08 Å². The summed E-state index contributed by atoms with van der Waals surface area (Å²) in [4.78, 5) is 28.2. The van der Waals surface area contributed by atoms with Crippen molar-refractivity contribution in [1.82, 2.24) is 10.4 Å². The zero-order chi connectivity index (χ0) is 28.5. The number of amides is 2. The monoisotopic (exact) mass is 538 g/mol. The molecule has 0 aliphatic carbocycles. The van der Waals surface area contributed by atoms with Crippen LogP contribution in [0.5, 0.6) is 0 Å². The van der Waals surface area contributed by atoms with E-state index in [-0.39, 0.29) is 0 Å². The van der Waals surface area contributed by atoms with Gasteiger partial charge < -0.3 is 5.11 Å². The van der Waals surface area contributed by atoms with Crippen molar-refractivity contribution in [3.63, 3.8) is 0 Å². The quantitative estimate of drug-likeness (QED) is 0.180. The van der Waals surface area contributed by atoms with Crippen LogP contribution in [-0.4, -0.2) is 21.9 Å². The Balaban J connectivity index is 1.61. The van der Waals surface area contributed by atoms with Crippen molar-refractivity contribution in [2.45, 2.75) is 11.6 Å². The number of rotatable bonds is 8. The molecule has 5 rings (SSSR count). The first-order chi connectivity index (χ1) is 20.1. The highest BCUT2D eigenvalue weighted by atomic mass is 16.3. The van der Waals surface area contributed by atoms with Crippen LogP contribution in [0.3, 0.4) is 0 Å². The second-order valence-corrected chi connectivity index (χ2v) is 9.56. The molecule has 5 heteroatoms. The zero-order valence-corrected chi connectivity index (χ0v) is 22.4. The van der Waals surface area contributed by atoms with E-state index in [4.69, 9.17) is 0 Å². The van der Waals surface area contributed by atoms with Gasteiger partial charge in [-0.15, -0.1) is 0 Å². The van der Waals surface area contributed by atoms with Crippen LogP contribution in [0.25, 0.3) is 6.08 Å². The molecule has 0 aliphatic heterocycles. The van der Waals surface area contributed by atoms with E-state index in [9.17, 15) is 14.7 Å². The molecular formula is C36H30N2O3. The van der Waals surface area contributed by atoms with Crippen LogP contribution in [0.1, 0.15) is 33.9 Å². The molecule has 5 nitrogen and oxygen atoms in total. The van der Waals surface area contributed by atoms with Gasteiger partial charge in [0.2, 0.25) is 0 Å². The Kier molecular flexibility index (Phi) is 8.48. The lowest BCUT2D eigenvalue weighted by Gasteiger charge is -2.36. The Morgan fingerprint density at radius 2 is 1.00 bits per heavy atom. The summed E-state index contributed by atoms with van der Waals surface area (Å²) in [6.07, 6.45) is 3.13. The van der Waals surface area contributed by atoms with Gasteiger partial charge in [0.15, 0.2) is 5.60 Å². The Labute approximate surface area is 240 Å². The smallest absolute Gasteiger partial charge is 0.279 e. The average Bonchev–Trinajstić information content (AvgIpc) is 3.05. The third kappa shape index (κ3) is 6.16. The molecule has 0 aromatic heterocycles. The largest absolute Gasteiger partial charge is 0.372 e. The average molecular weight is 539 g/mol. The number of aliphatic hydroxyl groups is 1. The molecule has 0 bridgehead atoms. The van der Waals surface area contributed by atoms with E-state index in [0.29, 0.717) is 11.1 Å². The Bertz CT molecular complexity index is 1510. The van der Waals surface area contributed by atoms with E-state index in [1.165, 1.54) is 11.1 Å². The summed E-state index contributed by atoms with van der Waals surface area (Å²) in [5.74, 6) is -1.21. The van der Waals surface area contributed by atoms with E-state index in [2.05, 4.69) is 5.43 Å². The molecule has 0 heterocycles. The normalized spacial score (nSPS) is 11.4. The fourth-order valence-electron chi connectivity index (χ4n) is 4.80. The van der Waals surface area contributed by atoms with Crippen LogP contribution >= 0.6 is 0 Å². The van der Waals surface area contributed by atoms with Gasteiger partial charge in [-0.25, -0.2) is 5.01 Å². The molecule has 2 N–H and O–H groups in total. The van der Waals surface area contributed by atoms with Crippen molar-refractivity contribution >= 4 is 17.9 Å². The number of benzene rings is 5. The van der Waals surface area contributed by atoms with Crippen LogP contribution in [0.15, 0.2) is 158 Å². The minimum Gasteiger partial charge on any atom is -0.372 e. The van der Waals surface area contributed by atoms with Crippen molar-refractivity contribution in [2.24, 2.45) is 0 Å². The first-order valence-electron chi connectivity index (χ1n) is 13.4. The molecule has 0 saturated carbocycles. The van der Waals surface area contributed by atoms with Crippen molar-refractivity contribution in [1.29, 1.82) is 0 Å². The molecule has 5 aromatic carbocycles. The van der Waals surface area contributed by atoms with Crippen molar-refractivity contribution in [3.05, 3.63) is 186 Å². The SMILES string of the molecule is O=C(C=Cc1ccccc1)N(NC(=O)C(O)(c1ccccc1)c1ccccc1)C(c1ccccc1)c1ccccc1. The first kappa shape index (κ1) is 27.3. The van der Waals surface area contributed by atoms with Crippen molar-refractivity contribution < 1.29 is 14.7 Å². The van der Waals surface area contributed by atoms with Gasteiger partial charge >= 0.3 is 0 Å². The van der Waals surface area contributed by atoms with E-state index < -0.39 is 23.5 Å². The number of nitrogens with zero attached hydrogens (tertiary/aromatic N) is 1. The lowest BCUT2D eigenvalue weighted by Crippen LogP contribution is -2.55. The fourth-order valence-corrected chi connectivity index (χ4v) is 4.80. The van der Waals surface area contributed by atoms with Gasteiger partial charge in [0.25, 0.3) is 11.8 Å². The van der Waals surface area contributed by atoms with Crippen LogP contribution in [0, 0.1) is 0 Å². The second kappa shape index (κ2) is 12.7. The maximum absolute atomic E-state index is 14.2. The summed E-state index contributed by atoms with van der Waals surface area (Å²) in [7, 11) is 0. The van der Waals surface area contributed by atoms with Gasteiger partial charge in [0.05, 0.1) is 0 Å². The van der Waals surface area contributed by atoms with Crippen LogP contribution in [0.2, 0.25) is 0 Å². The van der Waals surface area contributed by atoms with Crippen molar-refractivity contribution in [3.8, 4) is 0 Å². The molecular weight excluding hydrogens is 508 g/mol. The lowest BCUT2D eigenvalue weighted by molar-refractivity contribution is -0.149. The number of nitrogens with one attached hydrogen (secondary N) is 1. The highest BCUT2D eigenvalue weighted by molar-refractivity contribution is 5.96. The zero-order valence-electron chi connectivity index (χ0n) is 22.4. The van der Waals surface area contributed by atoms with E-state index >= 15 is 0 Å². The van der Waals surface area contributed by atoms with Gasteiger partial charge in [-0.1, -0.05) is 152 Å². The highest BCUT2D eigenvalue weighted by Gasteiger charge is 2.42. The minimum absolute atomic E-state index is 0.381. The summed E-state index contributed by atoms with van der Waals surface area (Å²) in [5.41, 5.74) is 3.96. The summed E-state index contributed by atoms with van der Waals surface area (Å²) in [6, 6.07) is 45.2. The summed E-state index contributed by atoms with van der Waals surface area (Å²) < 4.78 is 0. The fraction of sp³-hybridized carbons (Fsp3) is 0.0556. The topological polar surface area (TPSA) is 69.6 Å². The molecule has 2 amide bonds. The molecule has 0 aliphatic rings. The maximum atomic E-state index is 14.2. The molecule has 5 aromatic rings. The van der Waals surface area contributed by atoms with E-state index in [0.717, 1.165) is 16.7 Å². The molecule has 41 heavy (non-hydrogen) atoms. The molecule has 0 spiro atoms. The number of carbonyl (C=O) groups excluding carboxylic acids is 2. The standard InChI is InChI=1S/C36H30N2O3/c39-33(27-26-28-16-6-1-7-17-28)38(34(29-18-8-2-9-19-29)30-20-10-3-11-21-30)37-35(40)36(41,31-22-12-4-13-23-31)32-24-14-5-15-25-32/h1-27,34,41H,(H,37,40). The van der Waals surface area contributed by atoms with Gasteiger partial charge in [-0.3, -0.25) is 15.0 Å². The molecule has 202 valence electrons. The maximum Gasteiger partial charge on any atom is 0.279 e. The van der Waals surface area contributed by atoms with Gasteiger partial charge in [-0.05, 0) is 33.9 Å². The molecule has 0 fully saturated rings. The molecule has 0 atom stereocenters. The second-order valence-electron chi connectivity index (χ2n) is 9.56. The number of hydrazine groups is 1. The van der Waals surface area contributed by atoms with E-state index in [1.807, 2.05) is 103 Å². The lowest BCUT2D eigenvalue weighted by atomic mass is 9.85. The summed E-state index contributed by atoms with van der Waals surface area (Å²) in [6.45, 7) is 0. The Morgan fingerprint density at radius 1 is 0.610 bits per heavy atom. The summed E-state index contributed by atoms with van der Waals surface area (Å²) in [5, 5.41) is 13.4. The molecule has 0 unspecified atom stereocenters. The molecule has 0 radical (unpaired) electrons. The highest BCUT2D eigenvalue weighted by Crippen LogP contribution is 2.32. The third-order valence-electron chi connectivity index (χ3n) is 6.88. The number of hydrogen-bond donors (Lipinski definition) is 2. The van der Waals surface area contributed by atoms with Gasteiger partial charge in [-0.2, -0.15) is 0 Å².